The lowest BCUT2D eigenvalue weighted by atomic mass is 9.70. The van der Waals surface area contributed by atoms with Crippen LogP contribution in [0.5, 0.6) is 0 Å². The fourth-order valence-corrected chi connectivity index (χ4v) is 4.74. The van der Waals surface area contributed by atoms with Gasteiger partial charge < -0.3 is 4.74 Å². The van der Waals surface area contributed by atoms with Gasteiger partial charge in [-0.3, -0.25) is 4.79 Å². The summed E-state index contributed by atoms with van der Waals surface area (Å²) >= 11 is 1.63. The molecule has 104 valence electrons. The molecule has 19 heavy (non-hydrogen) atoms. The van der Waals surface area contributed by atoms with Crippen LogP contribution < -0.4 is 0 Å². The van der Waals surface area contributed by atoms with Gasteiger partial charge in [-0.05, 0) is 53.0 Å². The molecule has 2 aliphatic carbocycles. The smallest absolute Gasteiger partial charge is 0.310 e. The molecule has 2 fully saturated rings. The van der Waals surface area contributed by atoms with Crippen LogP contribution in [-0.4, -0.2) is 12.1 Å². The van der Waals surface area contributed by atoms with Gasteiger partial charge in [0.05, 0.1) is 6.42 Å². The van der Waals surface area contributed by atoms with Crippen LogP contribution in [0.4, 0.5) is 0 Å². The molecule has 0 aromatic carbocycles. The molecule has 0 N–H and O–H groups in total. The highest BCUT2D eigenvalue weighted by atomic mass is 32.1. The zero-order chi connectivity index (χ0) is 13.7. The fourth-order valence-electron chi connectivity index (χ4n) is 4.07. The van der Waals surface area contributed by atoms with E-state index in [1.807, 2.05) is 16.8 Å². The SMILES string of the molecule is CC1(C)C2CCC1(C)C(OC(=O)Cc1ccsc1)C2. The average Bonchev–Trinajstić information content (AvgIpc) is 2.95. The second-order valence-corrected chi connectivity index (χ2v) is 7.68. The normalized spacial score (nSPS) is 35.5. The molecule has 0 aliphatic heterocycles. The molecule has 2 nitrogen and oxygen atoms in total. The van der Waals surface area contributed by atoms with Crippen LogP contribution in [0.3, 0.4) is 0 Å². The summed E-state index contributed by atoms with van der Waals surface area (Å²) in [6.45, 7) is 7.00. The standard InChI is InChI=1S/C16H22O2S/c1-15(2)12-4-6-16(15,3)13(9-12)18-14(17)8-11-5-7-19-10-11/h5,7,10,12-13H,4,6,8-9H2,1-3H3. The number of carbonyl (C=O) groups is 1. The number of thiophene rings is 1. The van der Waals surface area contributed by atoms with Crippen LogP contribution in [0.15, 0.2) is 16.8 Å². The summed E-state index contributed by atoms with van der Waals surface area (Å²) in [4.78, 5) is 12.1. The van der Waals surface area contributed by atoms with E-state index in [1.165, 1.54) is 12.8 Å². The number of carbonyl (C=O) groups excluding carboxylic acids is 1. The van der Waals surface area contributed by atoms with E-state index < -0.39 is 0 Å². The van der Waals surface area contributed by atoms with Gasteiger partial charge in [0.25, 0.3) is 0 Å². The highest BCUT2D eigenvalue weighted by molar-refractivity contribution is 7.07. The van der Waals surface area contributed by atoms with Gasteiger partial charge in [-0.2, -0.15) is 11.3 Å². The molecule has 1 aromatic heterocycles. The summed E-state index contributed by atoms with van der Waals surface area (Å²) in [7, 11) is 0. The molecule has 2 aliphatic rings. The Morgan fingerprint density at radius 2 is 2.26 bits per heavy atom. The Morgan fingerprint density at radius 3 is 2.79 bits per heavy atom. The van der Waals surface area contributed by atoms with Gasteiger partial charge in [-0.15, -0.1) is 0 Å². The van der Waals surface area contributed by atoms with Crippen molar-refractivity contribution >= 4 is 17.3 Å². The number of rotatable bonds is 3. The Morgan fingerprint density at radius 1 is 1.47 bits per heavy atom. The molecule has 0 amide bonds. The number of hydrogen-bond acceptors (Lipinski definition) is 3. The lowest BCUT2D eigenvalue weighted by Crippen LogP contribution is -2.38. The largest absolute Gasteiger partial charge is 0.462 e. The first kappa shape index (κ1) is 13.2. The average molecular weight is 278 g/mol. The summed E-state index contributed by atoms with van der Waals surface area (Å²) in [5, 5.41) is 4.03. The predicted molar refractivity (Wildman–Crippen MR) is 77.1 cm³/mol. The first-order chi connectivity index (χ1) is 8.93. The second-order valence-electron chi connectivity index (χ2n) is 6.90. The zero-order valence-electron chi connectivity index (χ0n) is 11.9. The number of hydrogen-bond donors (Lipinski definition) is 0. The molecule has 3 rings (SSSR count). The third-order valence-electron chi connectivity index (χ3n) is 5.92. The van der Waals surface area contributed by atoms with Crippen molar-refractivity contribution in [1.82, 2.24) is 0 Å². The Hall–Kier alpha value is -0.830. The molecule has 1 heterocycles. The predicted octanol–water partition coefficient (Wildman–Crippen LogP) is 4.05. The molecular weight excluding hydrogens is 256 g/mol. The molecule has 2 bridgehead atoms. The van der Waals surface area contributed by atoms with Gasteiger partial charge in [-0.25, -0.2) is 0 Å². The molecule has 3 unspecified atom stereocenters. The van der Waals surface area contributed by atoms with E-state index >= 15 is 0 Å². The number of ether oxygens (including phenoxy) is 1. The molecule has 3 heteroatoms. The van der Waals surface area contributed by atoms with Gasteiger partial charge in [-0.1, -0.05) is 20.8 Å². The fraction of sp³-hybridized carbons (Fsp3) is 0.688. The lowest BCUT2D eigenvalue weighted by molar-refractivity contribution is -0.156. The van der Waals surface area contributed by atoms with Crippen molar-refractivity contribution in [2.45, 2.75) is 52.6 Å². The van der Waals surface area contributed by atoms with Crippen molar-refractivity contribution in [3.63, 3.8) is 0 Å². The van der Waals surface area contributed by atoms with E-state index in [-0.39, 0.29) is 17.5 Å². The molecule has 3 atom stereocenters. The lowest BCUT2D eigenvalue weighted by Gasteiger charge is -2.38. The number of esters is 1. The summed E-state index contributed by atoms with van der Waals surface area (Å²) in [6.07, 6.45) is 4.08. The Labute approximate surface area is 119 Å². The van der Waals surface area contributed by atoms with Gasteiger partial charge in [0.2, 0.25) is 0 Å². The van der Waals surface area contributed by atoms with Crippen molar-refractivity contribution in [2.75, 3.05) is 0 Å². The van der Waals surface area contributed by atoms with Crippen LogP contribution in [0.2, 0.25) is 0 Å². The molecule has 2 saturated carbocycles. The highest BCUT2D eigenvalue weighted by Gasteiger charge is 2.62. The van der Waals surface area contributed by atoms with E-state index in [0.717, 1.165) is 17.9 Å². The van der Waals surface area contributed by atoms with Crippen molar-refractivity contribution in [1.29, 1.82) is 0 Å². The summed E-state index contributed by atoms with van der Waals surface area (Å²) in [5.41, 5.74) is 1.55. The molecule has 0 spiro atoms. The highest BCUT2D eigenvalue weighted by Crippen LogP contribution is 2.66. The van der Waals surface area contributed by atoms with Crippen molar-refractivity contribution < 1.29 is 9.53 Å². The van der Waals surface area contributed by atoms with Crippen LogP contribution in [0.25, 0.3) is 0 Å². The molecular formula is C16H22O2S. The summed E-state index contributed by atoms with van der Waals surface area (Å²) < 4.78 is 5.82. The van der Waals surface area contributed by atoms with E-state index in [9.17, 15) is 4.79 Å². The minimum absolute atomic E-state index is 0.0621. The molecule has 0 saturated heterocycles. The van der Waals surface area contributed by atoms with Gasteiger partial charge in [0, 0.05) is 5.41 Å². The molecule has 0 radical (unpaired) electrons. The Balaban J connectivity index is 1.67. The topological polar surface area (TPSA) is 26.3 Å². The maximum absolute atomic E-state index is 12.1. The molecule has 1 aromatic rings. The van der Waals surface area contributed by atoms with Crippen LogP contribution in [0.1, 0.15) is 45.6 Å². The van der Waals surface area contributed by atoms with E-state index in [1.54, 1.807) is 11.3 Å². The minimum atomic E-state index is -0.0621. The van der Waals surface area contributed by atoms with E-state index in [0.29, 0.717) is 11.8 Å². The Bertz CT molecular complexity index is 477. The second kappa shape index (κ2) is 4.34. The monoisotopic (exact) mass is 278 g/mol. The Kier molecular flexibility index (Phi) is 3.01. The van der Waals surface area contributed by atoms with Crippen molar-refractivity contribution in [2.24, 2.45) is 16.7 Å². The van der Waals surface area contributed by atoms with E-state index in [2.05, 4.69) is 20.8 Å². The van der Waals surface area contributed by atoms with Crippen molar-refractivity contribution in [3.8, 4) is 0 Å². The van der Waals surface area contributed by atoms with Gasteiger partial charge in [0.15, 0.2) is 0 Å². The zero-order valence-corrected chi connectivity index (χ0v) is 12.8. The van der Waals surface area contributed by atoms with E-state index in [4.69, 9.17) is 4.74 Å². The maximum atomic E-state index is 12.1. The number of fused-ring (bicyclic) bond motifs is 2. The quantitative estimate of drug-likeness (QED) is 0.780. The maximum Gasteiger partial charge on any atom is 0.310 e. The first-order valence-corrected chi connectivity index (χ1v) is 8.08. The van der Waals surface area contributed by atoms with Crippen LogP contribution >= 0.6 is 11.3 Å². The minimum Gasteiger partial charge on any atom is -0.462 e. The third kappa shape index (κ3) is 1.94. The summed E-state index contributed by atoms with van der Waals surface area (Å²) in [6, 6.07) is 2.00. The first-order valence-electron chi connectivity index (χ1n) is 7.14. The van der Waals surface area contributed by atoms with Crippen LogP contribution in [-0.2, 0) is 16.0 Å². The third-order valence-corrected chi connectivity index (χ3v) is 6.65. The summed E-state index contributed by atoms with van der Waals surface area (Å²) in [5.74, 6) is 0.657. The van der Waals surface area contributed by atoms with Gasteiger partial charge >= 0.3 is 5.97 Å². The van der Waals surface area contributed by atoms with Gasteiger partial charge in [0.1, 0.15) is 6.10 Å². The van der Waals surface area contributed by atoms with Crippen molar-refractivity contribution in [3.05, 3.63) is 22.4 Å². The van der Waals surface area contributed by atoms with Crippen LogP contribution in [0, 0.1) is 16.7 Å².